The fourth-order valence-electron chi connectivity index (χ4n) is 7.73. The standard InChI is InChI=1S/C43H64N7O9P/c1-4-5-6-7-8-9-10-11-12-13-14-15-16-17-18-19-22-53-28-35(54-27-34-23-33(24-44)25-47-26-34)29-55-60(51,52)56-31-43(30-45)40-39(57-42(2,3)59-40)38(58-43)36-20-21-37-41(46)48-32-49-50(36)37/h20-21,23,25-26,32,35,38-40H,4-19,22,27-29,31H2,1-3H3,(H,51,52)(H2,46,48,49)/t35-,38+,39+,40+,43-/m1/s1. The molecule has 5 heterocycles. The zero-order valence-corrected chi connectivity index (χ0v) is 36.4. The maximum absolute atomic E-state index is 13.4. The van der Waals surface area contributed by atoms with Gasteiger partial charge in [-0.1, -0.05) is 103 Å². The van der Waals surface area contributed by atoms with E-state index >= 15 is 0 Å². The molecule has 17 heteroatoms. The molecular formula is C43H64N7O9P. The van der Waals surface area contributed by atoms with Crippen molar-refractivity contribution in [1.29, 1.82) is 10.5 Å². The number of ether oxygens (including phenoxy) is 5. The lowest BCUT2D eigenvalue weighted by Crippen LogP contribution is -2.45. The van der Waals surface area contributed by atoms with Crippen LogP contribution in [0.4, 0.5) is 5.82 Å². The van der Waals surface area contributed by atoms with Crippen molar-refractivity contribution in [1.82, 2.24) is 19.6 Å². The Bertz CT molecular complexity index is 1900. The zero-order chi connectivity index (χ0) is 42.9. The van der Waals surface area contributed by atoms with Crippen molar-refractivity contribution in [3.8, 4) is 12.1 Å². The van der Waals surface area contributed by atoms with Gasteiger partial charge in [-0.2, -0.15) is 15.6 Å². The van der Waals surface area contributed by atoms with Gasteiger partial charge in [0.25, 0.3) is 0 Å². The van der Waals surface area contributed by atoms with Gasteiger partial charge in [-0.05, 0) is 44.0 Å². The van der Waals surface area contributed by atoms with Crippen molar-refractivity contribution in [2.45, 2.75) is 166 Å². The Morgan fingerprint density at radius 2 is 1.58 bits per heavy atom. The van der Waals surface area contributed by atoms with Crippen molar-refractivity contribution < 1.29 is 42.2 Å². The van der Waals surface area contributed by atoms with Gasteiger partial charge in [-0.3, -0.25) is 14.0 Å². The lowest BCUT2D eigenvalue weighted by Gasteiger charge is -2.29. The summed E-state index contributed by atoms with van der Waals surface area (Å²) in [5.74, 6) is -0.845. The van der Waals surface area contributed by atoms with Crippen LogP contribution in [0, 0.1) is 22.7 Å². The molecule has 0 amide bonds. The lowest BCUT2D eigenvalue weighted by atomic mass is 9.96. The van der Waals surface area contributed by atoms with Crippen LogP contribution in [0.2, 0.25) is 0 Å². The predicted molar refractivity (Wildman–Crippen MR) is 223 cm³/mol. The Kier molecular flexibility index (Phi) is 18.7. The minimum atomic E-state index is -4.80. The van der Waals surface area contributed by atoms with Gasteiger partial charge in [0, 0.05) is 19.0 Å². The minimum Gasteiger partial charge on any atom is -0.382 e. The Hall–Kier alpha value is -3.54. The van der Waals surface area contributed by atoms with Gasteiger partial charge in [0.15, 0.2) is 11.6 Å². The Morgan fingerprint density at radius 1 is 0.917 bits per heavy atom. The van der Waals surface area contributed by atoms with Crippen molar-refractivity contribution in [3.63, 3.8) is 0 Å². The van der Waals surface area contributed by atoms with Crippen LogP contribution in [-0.2, 0) is 43.9 Å². The fourth-order valence-corrected chi connectivity index (χ4v) is 8.52. The number of nitriles is 2. The summed E-state index contributed by atoms with van der Waals surface area (Å²) in [4.78, 5) is 19.0. The molecule has 0 saturated carbocycles. The third-order valence-electron chi connectivity index (χ3n) is 10.9. The molecule has 0 spiro atoms. The number of hydrogen-bond donors (Lipinski definition) is 2. The van der Waals surface area contributed by atoms with Crippen LogP contribution >= 0.6 is 7.82 Å². The van der Waals surface area contributed by atoms with Crippen LogP contribution < -0.4 is 5.73 Å². The third-order valence-corrected chi connectivity index (χ3v) is 11.9. The second-order valence-electron chi connectivity index (χ2n) is 16.3. The van der Waals surface area contributed by atoms with E-state index in [9.17, 15) is 20.0 Å². The number of rotatable bonds is 29. The van der Waals surface area contributed by atoms with Gasteiger partial charge in [-0.25, -0.2) is 14.1 Å². The SMILES string of the molecule is CCCCCCCCCCCCCCCCCCOC[C@H](COP(=O)(O)OC[C@@]1(C#N)O[C@@H](c2ccc3c(N)ncnn23)[C@@H]2OC(C)(C)O[C@@H]21)OCc1cncc(C#N)c1. The molecule has 0 aromatic carbocycles. The number of unbranched alkanes of at least 4 members (excludes halogenated alkanes) is 15. The van der Waals surface area contributed by atoms with Crippen molar-refractivity contribution in [2.75, 3.05) is 32.2 Å². The lowest BCUT2D eigenvalue weighted by molar-refractivity contribution is -0.204. The molecule has 60 heavy (non-hydrogen) atoms. The first-order valence-electron chi connectivity index (χ1n) is 21.7. The molecule has 2 aliphatic heterocycles. The number of nitrogens with zero attached hydrogens (tertiary/aromatic N) is 6. The maximum Gasteiger partial charge on any atom is 0.472 e. The fraction of sp³-hybridized carbons (Fsp3) is 0.698. The van der Waals surface area contributed by atoms with E-state index in [1.54, 1.807) is 42.8 Å². The summed E-state index contributed by atoms with van der Waals surface area (Å²) in [6.45, 7) is 5.27. The highest BCUT2D eigenvalue weighted by molar-refractivity contribution is 7.47. The van der Waals surface area contributed by atoms with Crippen molar-refractivity contribution in [3.05, 3.63) is 53.7 Å². The van der Waals surface area contributed by atoms with Gasteiger partial charge >= 0.3 is 7.82 Å². The molecule has 3 N–H and O–H groups in total. The largest absolute Gasteiger partial charge is 0.472 e. The summed E-state index contributed by atoms with van der Waals surface area (Å²) in [6.07, 6.45) is 21.3. The molecule has 0 bridgehead atoms. The molecule has 2 saturated heterocycles. The number of aromatic nitrogens is 4. The molecule has 0 radical (unpaired) electrons. The summed E-state index contributed by atoms with van der Waals surface area (Å²) in [5.41, 5.74) is 6.26. The number of nitrogens with two attached hydrogens (primary N) is 1. The van der Waals surface area contributed by atoms with Gasteiger partial charge < -0.3 is 34.3 Å². The van der Waals surface area contributed by atoms with E-state index in [1.807, 2.05) is 0 Å². The molecule has 5 rings (SSSR count). The number of phosphoric ester groups is 1. The van der Waals surface area contributed by atoms with E-state index in [0.717, 1.165) is 19.3 Å². The first-order valence-corrected chi connectivity index (χ1v) is 23.2. The minimum absolute atomic E-state index is 0.0590. The number of anilines is 1. The van der Waals surface area contributed by atoms with E-state index in [4.69, 9.17) is 38.5 Å². The van der Waals surface area contributed by atoms with Crippen LogP contribution in [0.5, 0.6) is 0 Å². The Balaban J connectivity index is 1.07. The van der Waals surface area contributed by atoms with E-state index in [0.29, 0.717) is 28.9 Å². The van der Waals surface area contributed by atoms with Crippen LogP contribution in [-0.4, -0.2) is 80.6 Å². The van der Waals surface area contributed by atoms with Gasteiger partial charge in [0.2, 0.25) is 5.60 Å². The van der Waals surface area contributed by atoms with Gasteiger partial charge in [0.1, 0.15) is 55.0 Å². The van der Waals surface area contributed by atoms with Crippen LogP contribution in [0.15, 0.2) is 36.9 Å². The van der Waals surface area contributed by atoms with Crippen molar-refractivity contribution >= 4 is 19.2 Å². The number of pyridine rings is 1. The van der Waals surface area contributed by atoms with E-state index in [1.165, 1.54) is 96.0 Å². The summed E-state index contributed by atoms with van der Waals surface area (Å²) < 4.78 is 56.4. The van der Waals surface area contributed by atoms with Crippen LogP contribution in [0.3, 0.4) is 0 Å². The molecular weight excluding hydrogens is 789 g/mol. The number of phosphoric acid groups is 1. The molecule has 2 fully saturated rings. The smallest absolute Gasteiger partial charge is 0.382 e. The average Bonchev–Trinajstić information content (AvgIpc) is 3.90. The zero-order valence-electron chi connectivity index (χ0n) is 35.5. The number of fused-ring (bicyclic) bond motifs is 2. The second kappa shape index (κ2) is 23.6. The predicted octanol–water partition coefficient (Wildman–Crippen LogP) is 8.43. The molecule has 3 aromatic rings. The number of hydrogen-bond acceptors (Lipinski definition) is 14. The quantitative estimate of drug-likeness (QED) is 0.0494. The maximum atomic E-state index is 13.4. The average molecular weight is 854 g/mol. The van der Waals surface area contributed by atoms with Crippen molar-refractivity contribution in [2.24, 2.45) is 0 Å². The van der Waals surface area contributed by atoms with E-state index in [2.05, 4.69) is 34.1 Å². The van der Waals surface area contributed by atoms with E-state index in [-0.39, 0.29) is 25.6 Å². The van der Waals surface area contributed by atoms with Crippen LogP contribution in [0.1, 0.15) is 146 Å². The first-order chi connectivity index (χ1) is 29.0. The first kappa shape index (κ1) is 47.5. The summed E-state index contributed by atoms with van der Waals surface area (Å²) >= 11 is 0. The van der Waals surface area contributed by atoms with E-state index < -0.39 is 50.2 Å². The topological polar surface area (TPSA) is 219 Å². The molecule has 16 nitrogen and oxygen atoms in total. The summed E-state index contributed by atoms with van der Waals surface area (Å²) in [5, 5.41) is 24.1. The highest BCUT2D eigenvalue weighted by atomic mass is 31.2. The molecule has 3 aromatic heterocycles. The van der Waals surface area contributed by atoms with Gasteiger partial charge in [0.05, 0.1) is 31.1 Å². The summed E-state index contributed by atoms with van der Waals surface area (Å²) in [6, 6.07) is 9.29. The van der Waals surface area contributed by atoms with Crippen LogP contribution in [0.25, 0.3) is 5.52 Å². The van der Waals surface area contributed by atoms with Gasteiger partial charge in [-0.15, -0.1) is 0 Å². The monoisotopic (exact) mass is 853 g/mol. The molecule has 0 aliphatic carbocycles. The Labute approximate surface area is 354 Å². The molecule has 330 valence electrons. The molecule has 6 atom stereocenters. The second-order valence-corrected chi connectivity index (χ2v) is 17.8. The molecule has 1 unspecified atom stereocenters. The normalized spacial score (nSPS) is 22.3. The highest BCUT2D eigenvalue weighted by Gasteiger charge is 2.65. The highest BCUT2D eigenvalue weighted by Crippen LogP contribution is 2.52. The molecule has 2 aliphatic rings. The Morgan fingerprint density at radius 3 is 2.23 bits per heavy atom. The third kappa shape index (κ3) is 14.0. The summed E-state index contributed by atoms with van der Waals surface area (Å²) in [7, 11) is -4.80. The number of nitrogen functional groups attached to an aromatic ring is 1.